The van der Waals surface area contributed by atoms with Crippen LogP contribution in [0.4, 0.5) is 5.69 Å². The molecule has 1 saturated heterocycles. The Morgan fingerprint density at radius 3 is 2.21 bits per heavy atom. The van der Waals surface area contributed by atoms with E-state index in [4.69, 9.17) is 0 Å². The molecule has 0 amide bonds. The zero-order valence-electron chi connectivity index (χ0n) is 14.4. The molecule has 128 valence electrons. The molecular weight excluding hydrogens is 296 g/mol. The van der Waals surface area contributed by atoms with Crippen LogP contribution in [0.15, 0.2) is 60.7 Å². The minimum Gasteiger partial charge on any atom is -0.391 e. The van der Waals surface area contributed by atoms with Gasteiger partial charge in [0.1, 0.15) is 0 Å². The number of hydrogen-bond acceptors (Lipinski definition) is 3. The van der Waals surface area contributed by atoms with Crippen molar-refractivity contribution in [3.63, 3.8) is 0 Å². The van der Waals surface area contributed by atoms with Crippen molar-refractivity contribution in [3.8, 4) is 0 Å². The fourth-order valence-corrected chi connectivity index (χ4v) is 3.46. The molecule has 24 heavy (non-hydrogen) atoms. The lowest BCUT2D eigenvalue weighted by Crippen LogP contribution is -2.49. The quantitative estimate of drug-likeness (QED) is 0.856. The third-order valence-corrected chi connectivity index (χ3v) is 4.98. The molecule has 2 N–H and O–H groups in total. The maximum Gasteiger partial charge on any atom is 0.0730 e. The highest BCUT2D eigenvalue weighted by atomic mass is 16.3. The standard InChI is InChI=1S/C21H28N2O/c1-17(21(24)16-18-8-4-2-5-9-18)22-19-12-14-23(15-13-19)20-10-6-3-7-11-20/h2-11,17,19,21-22,24H,12-16H2,1H3. The van der Waals surface area contributed by atoms with Crippen molar-refractivity contribution in [1.82, 2.24) is 5.32 Å². The summed E-state index contributed by atoms with van der Waals surface area (Å²) in [5, 5.41) is 14.1. The number of para-hydroxylation sites is 1. The van der Waals surface area contributed by atoms with Crippen molar-refractivity contribution in [2.75, 3.05) is 18.0 Å². The zero-order valence-corrected chi connectivity index (χ0v) is 14.4. The molecule has 0 aromatic heterocycles. The molecule has 0 saturated carbocycles. The largest absolute Gasteiger partial charge is 0.391 e. The van der Waals surface area contributed by atoms with Crippen molar-refractivity contribution in [3.05, 3.63) is 66.2 Å². The van der Waals surface area contributed by atoms with Crippen LogP contribution in [-0.2, 0) is 6.42 Å². The minimum atomic E-state index is -0.348. The van der Waals surface area contributed by atoms with Gasteiger partial charge in [0.05, 0.1) is 6.10 Å². The van der Waals surface area contributed by atoms with Crippen molar-refractivity contribution >= 4 is 5.69 Å². The van der Waals surface area contributed by atoms with Crippen LogP contribution >= 0.6 is 0 Å². The number of aliphatic hydroxyl groups is 1. The van der Waals surface area contributed by atoms with Gasteiger partial charge >= 0.3 is 0 Å². The van der Waals surface area contributed by atoms with E-state index < -0.39 is 0 Å². The van der Waals surface area contributed by atoms with Gasteiger partial charge in [0.2, 0.25) is 0 Å². The number of rotatable bonds is 6. The highest BCUT2D eigenvalue weighted by Crippen LogP contribution is 2.20. The highest BCUT2D eigenvalue weighted by molar-refractivity contribution is 5.46. The summed E-state index contributed by atoms with van der Waals surface area (Å²) in [6.07, 6.45) is 2.60. The summed E-state index contributed by atoms with van der Waals surface area (Å²) in [6.45, 7) is 4.24. The summed E-state index contributed by atoms with van der Waals surface area (Å²) >= 11 is 0. The summed E-state index contributed by atoms with van der Waals surface area (Å²) in [6, 6.07) is 21.4. The van der Waals surface area contributed by atoms with E-state index in [-0.39, 0.29) is 12.1 Å². The first-order valence-electron chi connectivity index (χ1n) is 9.00. The molecule has 0 aliphatic carbocycles. The topological polar surface area (TPSA) is 35.5 Å². The number of anilines is 1. The van der Waals surface area contributed by atoms with Gasteiger partial charge in [0, 0.05) is 30.9 Å². The van der Waals surface area contributed by atoms with E-state index in [2.05, 4.69) is 59.6 Å². The fourth-order valence-electron chi connectivity index (χ4n) is 3.46. The molecule has 3 nitrogen and oxygen atoms in total. The van der Waals surface area contributed by atoms with Gasteiger partial charge in [-0.25, -0.2) is 0 Å². The highest BCUT2D eigenvalue weighted by Gasteiger charge is 2.23. The van der Waals surface area contributed by atoms with Gasteiger partial charge in [0.25, 0.3) is 0 Å². The van der Waals surface area contributed by atoms with E-state index in [1.807, 2.05) is 18.2 Å². The zero-order chi connectivity index (χ0) is 16.8. The molecule has 0 spiro atoms. The van der Waals surface area contributed by atoms with Crippen LogP contribution in [0.1, 0.15) is 25.3 Å². The average Bonchev–Trinajstić information content (AvgIpc) is 2.64. The lowest BCUT2D eigenvalue weighted by Gasteiger charge is -2.36. The second-order valence-corrected chi connectivity index (χ2v) is 6.81. The minimum absolute atomic E-state index is 0.110. The van der Waals surface area contributed by atoms with E-state index in [0.717, 1.165) is 25.9 Å². The fraction of sp³-hybridized carbons (Fsp3) is 0.429. The van der Waals surface area contributed by atoms with Crippen molar-refractivity contribution < 1.29 is 5.11 Å². The van der Waals surface area contributed by atoms with Crippen LogP contribution in [-0.4, -0.2) is 36.4 Å². The van der Waals surface area contributed by atoms with Crippen molar-refractivity contribution in [2.45, 2.75) is 44.4 Å². The van der Waals surface area contributed by atoms with Crippen LogP contribution in [0.3, 0.4) is 0 Å². The molecule has 0 bridgehead atoms. The van der Waals surface area contributed by atoms with Crippen LogP contribution in [0.2, 0.25) is 0 Å². The number of benzene rings is 2. The summed E-state index contributed by atoms with van der Waals surface area (Å²) in [5.74, 6) is 0. The van der Waals surface area contributed by atoms with Gasteiger partial charge in [-0.1, -0.05) is 48.5 Å². The predicted octanol–water partition coefficient (Wildman–Crippen LogP) is 3.24. The van der Waals surface area contributed by atoms with Gasteiger partial charge < -0.3 is 15.3 Å². The first-order chi connectivity index (χ1) is 11.7. The smallest absolute Gasteiger partial charge is 0.0730 e. The van der Waals surface area contributed by atoms with Crippen LogP contribution < -0.4 is 10.2 Å². The third-order valence-electron chi connectivity index (χ3n) is 4.98. The molecule has 1 fully saturated rings. The molecule has 1 aliphatic heterocycles. The Labute approximate surface area is 145 Å². The first kappa shape index (κ1) is 17.0. The molecule has 2 aromatic carbocycles. The summed E-state index contributed by atoms with van der Waals surface area (Å²) in [5.41, 5.74) is 2.51. The summed E-state index contributed by atoms with van der Waals surface area (Å²) < 4.78 is 0. The first-order valence-corrected chi connectivity index (χ1v) is 9.00. The number of nitrogens with zero attached hydrogens (tertiary/aromatic N) is 1. The van der Waals surface area contributed by atoms with Gasteiger partial charge in [-0.2, -0.15) is 0 Å². The van der Waals surface area contributed by atoms with Crippen LogP contribution in [0.5, 0.6) is 0 Å². The Kier molecular flexibility index (Phi) is 5.89. The van der Waals surface area contributed by atoms with E-state index in [1.54, 1.807) is 0 Å². The van der Waals surface area contributed by atoms with Crippen molar-refractivity contribution in [2.24, 2.45) is 0 Å². The Morgan fingerprint density at radius 1 is 1.00 bits per heavy atom. The Bertz CT molecular complexity index is 594. The lowest BCUT2D eigenvalue weighted by molar-refractivity contribution is 0.125. The van der Waals surface area contributed by atoms with Gasteiger partial charge in [-0.3, -0.25) is 0 Å². The van der Waals surface area contributed by atoms with Crippen molar-refractivity contribution in [1.29, 1.82) is 0 Å². The SMILES string of the molecule is CC(NC1CCN(c2ccccc2)CC1)C(O)Cc1ccccc1. The van der Waals surface area contributed by atoms with Gasteiger partial charge in [0.15, 0.2) is 0 Å². The maximum absolute atomic E-state index is 10.5. The van der Waals surface area contributed by atoms with Gasteiger partial charge in [-0.15, -0.1) is 0 Å². The second kappa shape index (κ2) is 8.32. The number of nitrogens with one attached hydrogen (secondary N) is 1. The maximum atomic E-state index is 10.5. The van der Waals surface area contributed by atoms with E-state index in [1.165, 1.54) is 11.3 Å². The number of aliphatic hydroxyl groups excluding tert-OH is 1. The molecule has 2 atom stereocenters. The average molecular weight is 324 g/mol. The Balaban J connectivity index is 1.45. The summed E-state index contributed by atoms with van der Waals surface area (Å²) in [7, 11) is 0. The third kappa shape index (κ3) is 4.59. The number of piperidine rings is 1. The molecule has 0 radical (unpaired) electrons. The van der Waals surface area contributed by atoms with Gasteiger partial charge in [-0.05, 0) is 43.9 Å². The molecule has 1 heterocycles. The molecule has 2 unspecified atom stereocenters. The normalized spacial score (nSPS) is 18.3. The second-order valence-electron chi connectivity index (χ2n) is 6.81. The molecule has 2 aromatic rings. The van der Waals surface area contributed by atoms with E-state index >= 15 is 0 Å². The molecule has 3 heteroatoms. The van der Waals surface area contributed by atoms with E-state index in [9.17, 15) is 5.11 Å². The molecule has 3 rings (SSSR count). The number of hydrogen-bond donors (Lipinski definition) is 2. The van der Waals surface area contributed by atoms with Crippen LogP contribution in [0.25, 0.3) is 0 Å². The predicted molar refractivity (Wildman–Crippen MR) is 100 cm³/mol. The Hall–Kier alpha value is -1.84. The van der Waals surface area contributed by atoms with Crippen LogP contribution in [0, 0.1) is 0 Å². The summed E-state index contributed by atoms with van der Waals surface area (Å²) in [4.78, 5) is 2.45. The Morgan fingerprint density at radius 2 is 1.58 bits per heavy atom. The molecule has 1 aliphatic rings. The molecular formula is C21H28N2O. The monoisotopic (exact) mass is 324 g/mol. The van der Waals surface area contributed by atoms with E-state index in [0.29, 0.717) is 12.5 Å². The lowest BCUT2D eigenvalue weighted by atomic mass is 9.99.